The molecule has 72 heavy (non-hydrogen) atoms. The summed E-state index contributed by atoms with van der Waals surface area (Å²) in [7, 11) is 0. The van der Waals surface area contributed by atoms with E-state index in [2.05, 4.69) is 41.4 Å². The van der Waals surface area contributed by atoms with Gasteiger partial charge in [-0.1, -0.05) is 182 Å². The number of nitrogens with zero attached hydrogens (tertiary/aromatic N) is 5. The van der Waals surface area contributed by atoms with Crippen LogP contribution in [0, 0.1) is 16.0 Å². The van der Waals surface area contributed by atoms with E-state index < -0.39 is 39.8 Å². The summed E-state index contributed by atoms with van der Waals surface area (Å²) in [5.74, 6) is -2.33. The molecule has 2 unspecified atom stereocenters. The maximum Gasteiger partial charge on any atom is 0.356 e. The molecule has 1 aliphatic rings. The zero-order valence-corrected chi connectivity index (χ0v) is 40.6. The van der Waals surface area contributed by atoms with Crippen LogP contribution in [-0.2, 0) is 36.9 Å². The molecule has 12 nitrogen and oxygen atoms in total. The van der Waals surface area contributed by atoms with Crippen molar-refractivity contribution in [3.8, 4) is 5.88 Å². The van der Waals surface area contributed by atoms with Gasteiger partial charge in [0.25, 0.3) is 11.6 Å². The van der Waals surface area contributed by atoms with Gasteiger partial charge in [0.2, 0.25) is 11.6 Å². The van der Waals surface area contributed by atoms with Crippen molar-refractivity contribution in [2.45, 2.75) is 30.1 Å². The Morgan fingerprint density at radius 3 is 1.62 bits per heavy atom. The highest BCUT2D eigenvalue weighted by atomic mass is 32.2. The maximum absolute atomic E-state index is 16.1. The number of β-lactam (4-membered cyclic amide) rings is 1. The standard InChI is InChI=1S/C58H46N5O7PS/c1-41(64)70-53-52-60-46(39-61(52)37-36-59-53)38-51-54(65)62(56(51)72-58(43-20-8-2-9-21-43,44-22-10-3-11-23-44)45-24-12-4-13-25-45)55(57(66)69-40-42-32-34-47(35-33-42)63(67)68)71(48-26-14-5-15-27-48,49-28-16-6-17-29-49)50-30-18-7-19-31-50/h2-37,39,51,56H,38,40H2,1H3. The van der Waals surface area contributed by atoms with Gasteiger partial charge >= 0.3 is 11.9 Å². The maximum atomic E-state index is 16.1. The average molecular weight is 988 g/mol. The monoisotopic (exact) mass is 987 g/mol. The van der Waals surface area contributed by atoms with E-state index in [4.69, 9.17) is 14.5 Å². The van der Waals surface area contributed by atoms with E-state index in [0.717, 1.165) is 32.6 Å². The number of nitro benzene ring substituents is 1. The second kappa shape index (κ2) is 20.5. The summed E-state index contributed by atoms with van der Waals surface area (Å²) in [6.07, 6.45) is 5.17. The van der Waals surface area contributed by atoms with Gasteiger partial charge in [0.05, 0.1) is 26.7 Å². The quantitative estimate of drug-likeness (QED) is 0.0229. The minimum atomic E-state index is -3.42. The van der Waals surface area contributed by atoms with Crippen LogP contribution in [0.15, 0.2) is 225 Å². The molecule has 1 aliphatic heterocycles. The lowest BCUT2D eigenvalue weighted by molar-refractivity contribution is -0.384. The molecule has 1 amide bonds. The van der Waals surface area contributed by atoms with Crippen LogP contribution < -0.4 is 20.7 Å². The molecule has 0 N–H and O–H groups in total. The van der Waals surface area contributed by atoms with Crippen molar-refractivity contribution in [2.75, 3.05) is 0 Å². The normalized spacial score (nSPS) is 14.6. The molecule has 0 aliphatic carbocycles. The van der Waals surface area contributed by atoms with Gasteiger partial charge in [-0.2, -0.15) is 0 Å². The molecule has 0 radical (unpaired) electrons. The van der Waals surface area contributed by atoms with Crippen molar-refractivity contribution in [2.24, 2.45) is 5.92 Å². The van der Waals surface area contributed by atoms with E-state index in [-0.39, 0.29) is 35.9 Å². The molecular weight excluding hydrogens is 942 g/mol. The Bertz CT molecular complexity index is 3260. The Morgan fingerprint density at radius 1 is 0.694 bits per heavy atom. The number of hydrogen-bond acceptors (Lipinski definition) is 10. The summed E-state index contributed by atoms with van der Waals surface area (Å²) in [6.45, 7) is -2.36. The van der Waals surface area contributed by atoms with E-state index in [1.54, 1.807) is 45.6 Å². The largest absolute Gasteiger partial charge is 0.456 e. The third-order valence-electron chi connectivity index (χ3n) is 12.7. The highest BCUT2D eigenvalue weighted by Crippen LogP contribution is 2.57. The third kappa shape index (κ3) is 8.89. The molecule has 9 aromatic rings. The number of nitro groups is 1. The predicted octanol–water partition coefficient (Wildman–Crippen LogP) is 9.48. The fourth-order valence-corrected chi connectivity index (χ4v) is 15.9. The molecule has 1 fully saturated rings. The first-order chi connectivity index (χ1) is 35.2. The number of carbonyl (C=O) groups is 3. The molecule has 10 rings (SSSR count). The predicted molar refractivity (Wildman–Crippen MR) is 282 cm³/mol. The van der Waals surface area contributed by atoms with Gasteiger partial charge in [-0.15, -0.1) is 11.8 Å². The summed E-state index contributed by atoms with van der Waals surface area (Å²) in [4.78, 5) is 66.3. The van der Waals surface area contributed by atoms with Gasteiger partial charge in [-0.3, -0.25) is 24.6 Å². The first-order valence-electron chi connectivity index (χ1n) is 23.2. The Kier molecular flexibility index (Phi) is 13.5. The second-order valence-corrected chi connectivity index (χ2v) is 21.7. The number of non-ortho nitro benzene ring substituents is 1. The van der Waals surface area contributed by atoms with E-state index in [1.807, 2.05) is 146 Å². The molecule has 7 aromatic carbocycles. The molecule has 2 aromatic heterocycles. The van der Waals surface area contributed by atoms with Crippen molar-refractivity contribution in [3.05, 3.63) is 263 Å². The number of aromatic nitrogens is 3. The molecule has 0 spiro atoms. The number of hydrogen-bond donors (Lipinski definition) is 0. The topological polar surface area (TPSA) is 146 Å². The van der Waals surface area contributed by atoms with E-state index >= 15 is 9.59 Å². The molecule has 14 heteroatoms. The van der Waals surface area contributed by atoms with Gasteiger partial charge in [-0.05, 0) is 50.3 Å². The number of rotatable bonds is 16. The van der Waals surface area contributed by atoms with Crippen molar-refractivity contribution in [1.29, 1.82) is 0 Å². The van der Waals surface area contributed by atoms with Crippen molar-refractivity contribution in [3.63, 3.8) is 0 Å². The number of esters is 2. The molecule has 356 valence electrons. The Morgan fingerprint density at radius 2 is 1.17 bits per heavy atom. The number of fused-ring (bicyclic) bond motifs is 1. The van der Waals surface area contributed by atoms with Crippen LogP contribution in [0.2, 0.25) is 0 Å². The zero-order valence-electron chi connectivity index (χ0n) is 38.9. The molecule has 3 heterocycles. The highest BCUT2D eigenvalue weighted by molar-refractivity contribution is 8.01. The fraction of sp³-hybridized carbons (Fsp3) is 0.103. The van der Waals surface area contributed by atoms with Crippen LogP contribution >= 0.6 is 18.6 Å². The summed E-state index contributed by atoms with van der Waals surface area (Å²) in [6, 6.07) is 65.9. The van der Waals surface area contributed by atoms with Crippen LogP contribution in [-0.4, -0.2) is 52.8 Å². The van der Waals surface area contributed by atoms with Crippen LogP contribution in [0.25, 0.3) is 5.65 Å². The Labute approximate surface area is 420 Å². The fourth-order valence-electron chi connectivity index (χ4n) is 9.55. The summed E-state index contributed by atoms with van der Waals surface area (Å²) >= 11 is 1.58. The lowest BCUT2D eigenvalue weighted by Gasteiger charge is -2.52. The molecule has 2 atom stereocenters. The van der Waals surface area contributed by atoms with Gasteiger partial charge < -0.3 is 13.9 Å². The average Bonchev–Trinajstić information content (AvgIpc) is 3.86. The number of ether oxygens (including phenoxy) is 2. The van der Waals surface area contributed by atoms with Crippen LogP contribution in [0.4, 0.5) is 5.69 Å². The molecule has 0 saturated carbocycles. The number of likely N-dealkylation sites (tertiary alicyclic amines) is 1. The molecular formula is C58H46N5O7PS. The smallest absolute Gasteiger partial charge is 0.356 e. The SMILES string of the molecule is CC(=O)Oc1nccn2cc(CC3C(=O)N(C(C(=O)OCc4ccc([N+](=O)[O-])cc4)=P(c4ccccc4)(c4ccccc4)c4ccccc4)C3SC(c3ccccc3)(c3ccccc3)c3ccccc3)nc12. The van der Waals surface area contributed by atoms with E-state index in [1.165, 1.54) is 25.3 Å². The molecule has 0 bridgehead atoms. The first-order valence-corrected chi connectivity index (χ1v) is 25.9. The van der Waals surface area contributed by atoms with Crippen molar-refractivity contribution in [1.82, 2.24) is 19.3 Å². The van der Waals surface area contributed by atoms with Gasteiger partial charge in [0, 0.05) is 51.0 Å². The zero-order chi connectivity index (χ0) is 49.7. The van der Waals surface area contributed by atoms with Crippen LogP contribution in [0.3, 0.4) is 0 Å². The van der Waals surface area contributed by atoms with Gasteiger partial charge in [0.15, 0.2) is 0 Å². The minimum absolute atomic E-state index is 0.0366. The summed E-state index contributed by atoms with van der Waals surface area (Å²) in [5, 5.41) is 13.3. The van der Waals surface area contributed by atoms with E-state index in [0.29, 0.717) is 16.9 Å². The Hall–Kier alpha value is -8.38. The number of carbonyl (C=O) groups excluding carboxylic acids is 3. The van der Waals surface area contributed by atoms with E-state index in [9.17, 15) is 14.9 Å². The third-order valence-corrected chi connectivity index (χ3v) is 18.8. The highest BCUT2D eigenvalue weighted by Gasteiger charge is 2.57. The van der Waals surface area contributed by atoms with Gasteiger partial charge in [-0.25, -0.2) is 14.8 Å². The number of imidazole rings is 1. The number of thioether (sulfide) groups is 1. The van der Waals surface area contributed by atoms with Gasteiger partial charge in [0.1, 0.15) is 12.0 Å². The van der Waals surface area contributed by atoms with Crippen LogP contribution in [0.5, 0.6) is 5.88 Å². The minimum Gasteiger partial charge on any atom is -0.456 e. The Balaban J connectivity index is 1.26. The van der Waals surface area contributed by atoms with Crippen molar-refractivity contribution < 1.29 is 28.8 Å². The lowest BCUT2D eigenvalue weighted by atomic mass is 9.84. The summed E-state index contributed by atoms with van der Waals surface area (Å²) < 4.78 is 12.7. The second-order valence-electron chi connectivity index (χ2n) is 17.1. The number of amides is 1. The number of benzene rings is 7. The van der Waals surface area contributed by atoms with Crippen molar-refractivity contribution >= 4 is 69.2 Å². The van der Waals surface area contributed by atoms with Crippen LogP contribution in [0.1, 0.15) is 34.9 Å². The summed E-state index contributed by atoms with van der Waals surface area (Å²) in [5.41, 5.74) is 4.31. The first kappa shape index (κ1) is 47.3. The molecule has 1 saturated heterocycles. The lowest BCUT2D eigenvalue weighted by Crippen LogP contribution is -2.66.